The number of imide groups is 1. The van der Waals surface area contributed by atoms with Gasteiger partial charge in [0.25, 0.3) is 11.8 Å². The number of hydrogen-bond acceptors (Lipinski definition) is 6. The minimum absolute atomic E-state index is 0.171. The van der Waals surface area contributed by atoms with Crippen LogP contribution in [0, 0.1) is 29.1 Å². The highest BCUT2D eigenvalue weighted by Gasteiger charge is 2.73. The van der Waals surface area contributed by atoms with Crippen molar-refractivity contribution in [2.45, 2.75) is 19.8 Å². The minimum atomic E-state index is -0.393. The lowest BCUT2D eigenvalue weighted by atomic mass is 9.85. The number of carbonyl (C=O) groups is 3. The fourth-order valence-electron chi connectivity index (χ4n) is 5.88. The van der Waals surface area contributed by atoms with Crippen LogP contribution < -0.4 is 0 Å². The summed E-state index contributed by atoms with van der Waals surface area (Å²) < 4.78 is 10.9. The fourth-order valence-corrected chi connectivity index (χ4v) is 5.88. The summed E-state index contributed by atoms with van der Waals surface area (Å²) in [5.41, 5.74) is 1.33. The predicted octanol–water partition coefficient (Wildman–Crippen LogP) is 3.65. The summed E-state index contributed by atoms with van der Waals surface area (Å²) in [5.74, 6) is -0.0142. The molecule has 3 fully saturated rings. The Bertz CT molecular complexity index is 1170. The van der Waals surface area contributed by atoms with Crippen molar-refractivity contribution in [1.29, 1.82) is 0 Å². The molecule has 6 rings (SSSR count). The largest absolute Gasteiger partial charge is 0.462 e. The minimum Gasteiger partial charge on any atom is -0.462 e. The molecular formula is C25H22N2O5. The Morgan fingerprint density at radius 1 is 1.16 bits per heavy atom. The van der Waals surface area contributed by atoms with Gasteiger partial charge in [-0.25, -0.2) is 4.79 Å². The second kappa shape index (κ2) is 6.76. The van der Waals surface area contributed by atoms with E-state index >= 15 is 0 Å². The molecule has 7 nitrogen and oxygen atoms in total. The number of carbonyl (C=O) groups excluding carboxylic acids is 3. The maximum atomic E-state index is 13.0. The summed E-state index contributed by atoms with van der Waals surface area (Å²) in [5, 5.41) is 5.22. The lowest BCUT2D eigenvalue weighted by Crippen LogP contribution is -2.30. The molecule has 1 aromatic carbocycles. The zero-order valence-corrected chi connectivity index (χ0v) is 17.6. The summed E-state index contributed by atoms with van der Waals surface area (Å²) in [7, 11) is 0. The molecule has 3 aliphatic carbocycles. The van der Waals surface area contributed by atoms with Gasteiger partial charge in [-0.15, -0.1) is 0 Å². The summed E-state index contributed by atoms with van der Waals surface area (Å²) in [4.78, 5) is 38.0. The van der Waals surface area contributed by atoms with Crippen LogP contribution in [0.5, 0.6) is 0 Å². The number of ether oxygens (including phenoxy) is 1. The van der Waals surface area contributed by atoms with Crippen LogP contribution in [0.25, 0.3) is 11.3 Å². The second-order valence-electron chi connectivity index (χ2n) is 8.96. The standard InChI is InChI=1S/C25H22N2O5/c1-2-31-24(30)15-5-3-4-14(12-15)19-9-6-16(32-19)13-26-27-22(28)20-17-7-8-18(21(20)23(27)29)25(17)10-11-25/h3-9,12-13,17-18,20-21H,2,10-11H2,1H3. The average Bonchev–Trinajstić information content (AvgIpc) is 3.08. The Labute approximate surface area is 184 Å². The van der Waals surface area contributed by atoms with E-state index in [0.717, 1.165) is 23.4 Å². The summed E-state index contributed by atoms with van der Waals surface area (Å²) >= 11 is 0. The monoisotopic (exact) mass is 430 g/mol. The normalized spacial score (nSPS) is 28.8. The highest BCUT2D eigenvalue weighted by molar-refractivity contribution is 6.07. The Morgan fingerprint density at radius 3 is 2.53 bits per heavy atom. The van der Waals surface area contributed by atoms with Gasteiger partial charge < -0.3 is 9.15 Å². The van der Waals surface area contributed by atoms with Gasteiger partial charge in [-0.3, -0.25) is 9.59 Å². The number of esters is 1. The fraction of sp³-hybridized carbons (Fsp3) is 0.360. The lowest BCUT2D eigenvalue weighted by molar-refractivity contribution is -0.141. The van der Waals surface area contributed by atoms with E-state index in [2.05, 4.69) is 17.3 Å². The first kappa shape index (κ1) is 19.2. The van der Waals surface area contributed by atoms with Crippen molar-refractivity contribution in [2.75, 3.05) is 6.61 Å². The molecule has 0 N–H and O–H groups in total. The molecule has 0 radical (unpaired) electrons. The molecule has 162 valence electrons. The van der Waals surface area contributed by atoms with E-state index in [1.165, 1.54) is 6.21 Å². The van der Waals surface area contributed by atoms with E-state index in [9.17, 15) is 14.4 Å². The summed E-state index contributed by atoms with van der Waals surface area (Å²) in [6, 6.07) is 10.4. The number of furan rings is 1. The molecule has 32 heavy (non-hydrogen) atoms. The molecular weight excluding hydrogens is 408 g/mol. The van der Waals surface area contributed by atoms with Crippen molar-refractivity contribution in [3.63, 3.8) is 0 Å². The van der Waals surface area contributed by atoms with Gasteiger partial charge in [-0.2, -0.15) is 10.1 Å². The Hall–Kier alpha value is -3.48. The van der Waals surface area contributed by atoms with E-state index in [1.54, 1.807) is 37.3 Å². The molecule has 4 unspecified atom stereocenters. The molecule has 2 saturated carbocycles. The van der Waals surface area contributed by atoms with Crippen molar-refractivity contribution in [2.24, 2.45) is 34.2 Å². The number of hydrogen-bond donors (Lipinski definition) is 0. The number of hydrazone groups is 1. The molecule has 4 aliphatic rings. The zero-order valence-electron chi connectivity index (χ0n) is 17.6. The van der Waals surface area contributed by atoms with E-state index in [4.69, 9.17) is 9.15 Å². The van der Waals surface area contributed by atoms with Crippen molar-refractivity contribution < 1.29 is 23.5 Å². The molecule has 1 saturated heterocycles. The highest BCUT2D eigenvalue weighted by atomic mass is 16.5. The Balaban J connectivity index is 1.20. The van der Waals surface area contributed by atoms with E-state index in [1.807, 2.05) is 6.07 Å². The van der Waals surface area contributed by atoms with Gasteiger partial charge in [0.1, 0.15) is 11.5 Å². The van der Waals surface area contributed by atoms with Crippen LogP contribution >= 0.6 is 0 Å². The Kier molecular flexibility index (Phi) is 4.06. The molecule has 4 atom stereocenters. The summed E-state index contributed by atoms with van der Waals surface area (Å²) in [6.45, 7) is 2.06. The van der Waals surface area contributed by atoms with E-state index < -0.39 is 5.97 Å². The third kappa shape index (κ3) is 2.60. The molecule has 2 bridgehead atoms. The first-order valence-electron chi connectivity index (χ1n) is 11.0. The molecule has 1 aromatic heterocycles. The van der Waals surface area contributed by atoms with Gasteiger partial charge in [0.2, 0.25) is 0 Å². The number of benzene rings is 1. The van der Waals surface area contributed by atoms with E-state index in [-0.39, 0.29) is 40.9 Å². The SMILES string of the molecule is CCOC(=O)c1cccc(-c2ccc(C=NN3C(=O)C4C(C3=O)C3C=CC4C34CC4)o2)c1. The number of nitrogens with zero attached hydrogens (tertiary/aromatic N) is 2. The molecule has 2 heterocycles. The lowest BCUT2D eigenvalue weighted by Gasteiger charge is -2.18. The molecule has 1 spiro atoms. The topological polar surface area (TPSA) is 89.2 Å². The summed E-state index contributed by atoms with van der Waals surface area (Å²) in [6.07, 6.45) is 7.90. The first-order valence-corrected chi connectivity index (χ1v) is 11.0. The number of fused-ring (bicyclic) bond motifs is 3. The predicted molar refractivity (Wildman–Crippen MR) is 114 cm³/mol. The molecule has 7 heteroatoms. The second-order valence-corrected chi connectivity index (χ2v) is 8.96. The van der Waals surface area contributed by atoms with Gasteiger partial charge >= 0.3 is 5.97 Å². The van der Waals surface area contributed by atoms with Crippen LogP contribution in [-0.4, -0.2) is 35.6 Å². The molecule has 2 amide bonds. The van der Waals surface area contributed by atoms with Crippen LogP contribution in [0.3, 0.4) is 0 Å². The maximum Gasteiger partial charge on any atom is 0.338 e. The van der Waals surface area contributed by atoms with Crippen LogP contribution in [-0.2, 0) is 14.3 Å². The van der Waals surface area contributed by atoms with Crippen LogP contribution in [0.4, 0.5) is 0 Å². The van der Waals surface area contributed by atoms with Gasteiger partial charge in [0, 0.05) is 5.56 Å². The van der Waals surface area contributed by atoms with Crippen molar-refractivity contribution in [3.8, 4) is 11.3 Å². The number of amides is 2. The Morgan fingerprint density at radius 2 is 1.88 bits per heavy atom. The van der Waals surface area contributed by atoms with Crippen molar-refractivity contribution >= 4 is 24.0 Å². The van der Waals surface area contributed by atoms with Gasteiger partial charge in [0.05, 0.1) is 30.2 Å². The van der Waals surface area contributed by atoms with Crippen molar-refractivity contribution in [3.05, 3.63) is 59.9 Å². The third-order valence-corrected chi connectivity index (χ3v) is 7.41. The van der Waals surface area contributed by atoms with E-state index in [0.29, 0.717) is 23.7 Å². The molecule has 1 aliphatic heterocycles. The maximum absolute atomic E-state index is 13.0. The quantitative estimate of drug-likeness (QED) is 0.313. The van der Waals surface area contributed by atoms with Gasteiger partial charge in [0.15, 0.2) is 0 Å². The smallest absolute Gasteiger partial charge is 0.338 e. The van der Waals surface area contributed by atoms with Gasteiger partial charge in [-0.05, 0) is 61.3 Å². The number of rotatable bonds is 5. The average molecular weight is 430 g/mol. The number of allylic oxidation sites excluding steroid dienone is 2. The third-order valence-electron chi connectivity index (χ3n) is 7.41. The van der Waals surface area contributed by atoms with Crippen LogP contribution in [0.1, 0.15) is 35.9 Å². The van der Waals surface area contributed by atoms with Crippen LogP contribution in [0.2, 0.25) is 0 Å². The van der Waals surface area contributed by atoms with Crippen molar-refractivity contribution in [1.82, 2.24) is 5.01 Å². The van der Waals surface area contributed by atoms with Crippen LogP contribution in [0.15, 0.2) is 58.1 Å². The highest BCUT2D eigenvalue weighted by Crippen LogP contribution is 2.73. The van der Waals surface area contributed by atoms with Gasteiger partial charge in [-0.1, -0.05) is 24.3 Å². The zero-order chi connectivity index (χ0) is 22.0. The first-order chi connectivity index (χ1) is 15.5. The molecule has 2 aromatic rings.